The number of halogens is 1. The minimum Gasteiger partial charge on any atom is -0.497 e. The second-order valence-corrected chi connectivity index (χ2v) is 9.97. The first kappa shape index (κ1) is 26.0. The predicted molar refractivity (Wildman–Crippen MR) is 132 cm³/mol. The Kier molecular flexibility index (Phi) is 8.55. The molecule has 0 saturated heterocycles. The minimum absolute atomic E-state index is 0.119. The maximum atomic E-state index is 13.4. The van der Waals surface area contributed by atoms with Gasteiger partial charge in [0, 0.05) is 33.8 Å². The fraction of sp³-hybridized carbons (Fsp3) is 0.333. The number of amides is 1. The van der Waals surface area contributed by atoms with E-state index in [0.29, 0.717) is 27.5 Å². The fourth-order valence-corrected chi connectivity index (χ4v) is 5.37. The molecule has 0 fully saturated rings. The Morgan fingerprint density at radius 1 is 1.06 bits per heavy atom. The Morgan fingerprint density at radius 2 is 1.71 bits per heavy atom. The van der Waals surface area contributed by atoms with Crippen molar-refractivity contribution in [2.24, 2.45) is 0 Å². The molecule has 1 aromatic heterocycles. The molecule has 1 N–H and O–H groups in total. The molecular weight excluding hydrogens is 479 g/mol. The molecule has 0 spiro atoms. The summed E-state index contributed by atoms with van der Waals surface area (Å²) in [6.45, 7) is 5.65. The highest BCUT2D eigenvalue weighted by Gasteiger charge is 2.28. The number of nitrogens with one attached hydrogen (secondary N) is 1. The quantitative estimate of drug-likeness (QED) is 0.380. The molecule has 0 unspecified atom stereocenters. The molecule has 3 rings (SSSR count). The summed E-state index contributed by atoms with van der Waals surface area (Å²) in [6.07, 6.45) is -0.389. The molecular formula is C24H28ClN2O6P. The number of hydrogen-bond acceptors (Lipinski definition) is 6. The summed E-state index contributed by atoms with van der Waals surface area (Å²) in [6, 6.07) is 12.1. The Bertz CT molecular complexity index is 1230. The van der Waals surface area contributed by atoms with Gasteiger partial charge in [0.15, 0.2) is 0 Å². The van der Waals surface area contributed by atoms with Crippen LogP contribution in [0.25, 0.3) is 10.9 Å². The molecule has 0 atom stereocenters. The Labute approximate surface area is 203 Å². The van der Waals surface area contributed by atoms with Crippen molar-refractivity contribution >= 4 is 41.9 Å². The van der Waals surface area contributed by atoms with Gasteiger partial charge in [0.1, 0.15) is 11.9 Å². The van der Waals surface area contributed by atoms with Crippen molar-refractivity contribution in [1.82, 2.24) is 9.88 Å². The van der Waals surface area contributed by atoms with Gasteiger partial charge in [0.2, 0.25) is 5.91 Å². The molecule has 0 radical (unpaired) electrons. The summed E-state index contributed by atoms with van der Waals surface area (Å²) < 4.78 is 30.1. The van der Waals surface area contributed by atoms with Gasteiger partial charge in [-0.05, 0) is 63.2 Å². The van der Waals surface area contributed by atoms with Gasteiger partial charge < -0.3 is 19.1 Å². The van der Waals surface area contributed by atoms with Crippen molar-refractivity contribution in [3.63, 3.8) is 0 Å². The third-order valence-electron chi connectivity index (χ3n) is 5.29. The third kappa shape index (κ3) is 5.70. The van der Waals surface area contributed by atoms with Crippen LogP contribution in [-0.4, -0.2) is 42.9 Å². The van der Waals surface area contributed by atoms with Crippen LogP contribution in [0, 0.1) is 6.92 Å². The number of carbonyl (C=O) groups is 2. The van der Waals surface area contributed by atoms with Crippen LogP contribution >= 0.6 is 19.2 Å². The first-order valence-corrected chi connectivity index (χ1v) is 13.0. The van der Waals surface area contributed by atoms with E-state index in [-0.39, 0.29) is 31.8 Å². The van der Waals surface area contributed by atoms with Crippen LogP contribution in [0.5, 0.6) is 5.75 Å². The summed E-state index contributed by atoms with van der Waals surface area (Å²) in [4.78, 5) is 26.0. The first-order valence-electron chi connectivity index (χ1n) is 10.9. The fourth-order valence-electron chi connectivity index (χ4n) is 3.74. The minimum atomic E-state index is -3.53. The standard InChI is InChI=1S/C24H28ClN2O6P/c1-5-32-34(30,33-6-2)15-23(28)26-14-21-16(3)27(22-12-11-19(31-4)13-20(21)22)24(29)17-7-9-18(25)10-8-17/h7-13H,5-6,14-15H2,1-4H3,(H,26,28). The van der Waals surface area contributed by atoms with E-state index in [1.54, 1.807) is 61.9 Å². The molecule has 1 amide bonds. The second-order valence-electron chi connectivity index (χ2n) is 7.48. The van der Waals surface area contributed by atoms with Crippen molar-refractivity contribution in [3.8, 4) is 5.75 Å². The lowest BCUT2D eigenvalue weighted by Gasteiger charge is -2.16. The van der Waals surface area contributed by atoms with Crippen molar-refractivity contribution in [2.45, 2.75) is 27.3 Å². The highest BCUT2D eigenvalue weighted by molar-refractivity contribution is 7.54. The largest absolute Gasteiger partial charge is 0.497 e. The van der Waals surface area contributed by atoms with Gasteiger partial charge in [-0.3, -0.25) is 18.7 Å². The van der Waals surface area contributed by atoms with E-state index in [1.807, 2.05) is 13.0 Å². The summed E-state index contributed by atoms with van der Waals surface area (Å²) >= 11 is 5.97. The highest BCUT2D eigenvalue weighted by Crippen LogP contribution is 2.47. The Hall–Kier alpha value is -2.64. The number of methoxy groups -OCH3 is 1. The number of benzene rings is 2. The zero-order chi connectivity index (χ0) is 24.9. The summed E-state index contributed by atoms with van der Waals surface area (Å²) in [5, 5.41) is 4.09. The van der Waals surface area contributed by atoms with E-state index >= 15 is 0 Å². The van der Waals surface area contributed by atoms with Crippen molar-refractivity contribution in [1.29, 1.82) is 0 Å². The molecule has 3 aromatic rings. The monoisotopic (exact) mass is 506 g/mol. The number of nitrogens with zero attached hydrogens (tertiary/aromatic N) is 1. The molecule has 1 heterocycles. The van der Waals surface area contributed by atoms with Crippen molar-refractivity contribution in [2.75, 3.05) is 26.5 Å². The van der Waals surface area contributed by atoms with Gasteiger partial charge in [-0.15, -0.1) is 0 Å². The van der Waals surface area contributed by atoms with Crippen molar-refractivity contribution < 1.29 is 27.9 Å². The van der Waals surface area contributed by atoms with Gasteiger partial charge in [-0.25, -0.2) is 0 Å². The van der Waals surface area contributed by atoms with Crippen LogP contribution in [0.1, 0.15) is 35.5 Å². The van der Waals surface area contributed by atoms with Gasteiger partial charge >= 0.3 is 7.60 Å². The van der Waals surface area contributed by atoms with E-state index in [2.05, 4.69) is 5.32 Å². The molecule has 182 valence electrons. The molecule has 0 aliphatic heterocycles. The van der Waals surface area contributed by atoms with E-state index in [0.717, 1.165) is 10.9 Å². The van der Waals surface area contributed by atoms with Crippen LogP contribution in [0.2, 0.25) is 5.02 Å². The van der Waals surface area contributed by atoms with Crippen LogP contribution in [0.3, 0.4) is 0 Å². The molecule has 2 aromatic carbocycles. The van der Waals surface area contributed by atoms with E-state index in [4.69, 9.17) is 25.4 Å². The maximum absolute atomic E-state index is 13.4. The molecule has 34 heavy (non-hydrogen) atoms. The average molecular weight is 507 g/mol. The highest BCUT2D eigenvalue weighted by atomic mass is 35.5. The number of hydrogen-bond donors (Lipinski definition) is 1. The topological polar surface area (TPSA) is 95.9 Å². The molecule has 8 nitrogen and oxygen atoms in total. The van der Waals surface area contributed by atoms with E-state index in [1.165, 1.54) is 0 Å². The molecule has 0 saturated carbocycles. The number of ether oxygens (including phenoxy) is 1. The number of aromatic nitrogens is 1. The molecule has 0 aliphatic rings. The number of fused-ring (bicyclic) bond motifs is 1. The lowest BCUT2D eigenvalue weighted by Crippen LogP contribution is -2.27. The molecule has 0 bridgehead atoms. The number of rotatable bonds is 10. The predicted octanol–water partition coefficient (Wildman–Crippen LogP) is 5.18. The van der Waals surface area contributed by atoms with Gasteiger partial charge in [-0.1, -0.05) is 11.6 Å². The van der Waals surface area contributed by atoms with Crippen LogP contribution < -0.4 is 10.1 Å². The van der Waals surface area contributed by atoms with Gasteiger partial charge in [0.05, 0.1) is 25.8 Å². The summed E-state index contributed by atoms with van der Waals surface area (Å²) in [5.41, 5.74) is 2.57. The second kappa shape index (κ2) is 11.2. The zero-order valence-electron chi connectivity index (χ0n) is 19.6. The average Bonchev–Trinajstić information content (AvgIpc) is 3.08. The Morgan fingerprint density at radius 3 is 2.29 bits per heavy atom. The summed E-state index contributed by atoms with van der Waals surface area (Å²) in [7, 11) is -1.97. The first-order chi connectivity index (χ1) is 16.2. The van der Waals surface area contributed by atoms with E-state index < -0.39 is 13.5 Å². The van der Waals surface area contributed by atoms with Gasteiger partial charge in [0.25, 0.3) is 5.91 Å². The zero-order valence-corrected chi connectivity index (χ0v) is 21.2. The van der Waals surface area contributed by atoms with Crippen molar-refractivity contribution in [3.05, 3.63) is 64.3 Å². The smallest absolute Gasteiger partial charge is 0.340 e. The van der Waals surface area contributed by atoms with Gasteiger partial charge in [-0.2, -0.15) is 0 Å². The Balaban J connectivity index is 1.95. The maximum Gasteiger partial charge on any atom is 0.340 e. The normalized spacial score (nSPS) is 11.6. The SMILES string of the molecule is CCOP(=O)(CC(=O)NCc1c(C)n(C(=O)c2ccc(Cl)cc2)c2ccc(OC)cc12)OCC. The van der Waals surface area contributed by atoms with Crippen LogP contribution in [-0.2, 0) is 25.0 Å². The van der Waals surface area contributed by atoms with E-state index in [9.17, 15) is 14.2 Å². The van der Waals surface area contributed by atoms with Crippen LogP contribution in [0.4, 0.5) is 0 Å². The van der Waals surface area contributed by atoms with Crippen LogP contribution in [0.15, 0.2) is 42.5 Å². The number of carbonyl (C=O) groups excluding carboxylic acids is 2. The lowest BCUT2D eigenvalue weighted by atomic mass is 10.1. The third-order valence-corrected chi connectivity index (χ3v) is 7.52. The lowest BCUT2D eigenvalue weighted by molar-refractivity contribution is -0.119. The molecule has 10 heteroatoms. The molecule has 0 aliphatic carbocycles. The summed E-state index contributed by atoms with van der Waals surface area (Å²) in [5.74, 6) is -0.0788.